The first-order valence-electron chi connectivity index (χ1n) is 6.09. The maximum Gasteiger partial charge on any atom is 0.319 e. The molecular weight excluding hydrogens is 230 g/mol. The number of benzene rings is 1. The van der Waals surface area contributed by atoms with Crippen molar-refractivity contribution in [1.82, 2.24) is 10.6 Å². The molecule has 0 saturated heterocycles. The molecule has 5 heteroatoms. The first-order chi connectivity index (χ1) is 8.58. The molecule has 1 rings (SSSR count). The van der Waals surface area contributed by atoms with Gasteiger partial charge >= 0.3 is 6.03 Å². The van der Waals surface area contributed by atoms with Crippen molar-refractivity contribution >= 4 is 11.7 Å². The molecule has 0 bridgehead atoms. The maximum absolute atomic E-state index is 11.6. The summed E-state index contributed by atoms with van der Waals surface area (Å²) >= 11 is 0. The fourth-order valence-electron chi connectivity index (χ4n) is 1.39. The van der Waals surface area contributed by atoms with Crippen LogP contribution < -0.4 is 16.0 Å². The molecule has 1 aromatic carbocycles. The Hall–Kier alpha value is -1.59. The lowest BCUT2D eigenvalue weighted by molar-refractivity contribution is 0.187. The van der Waals surface area contributed by atoms with E-state index in [4.69, 9.17) is 5.11 Å². The van der Waals surface area contributed by atoms with E-state index >= 15 is 0 Å². The molecule has 0 aromatic heterocycles. The summed E-state index contributed by atoms with van der Waals surface area (Å²) in [5.74, 6) is 0. The molecule has 0 saturated carbocycles. The highest BCUT2D eigenvalue weighted by Crippen LogP contribution is 2.03. The number of carbonyl (C=O) groups excluding carboxylic acids is 1. The Morgan fingerprint density at radius 3 is 2.50 bits per heavy atom. The van der Waals surface area contributed by atoms with E-state index < -0.39 is 0 Å². The van der Waals surface area contributed by atoms with E-state index in [0.29, 0.717) is 13.1 Å². The second-order valence-electron chi connectivity index (χ2n) is 4.36. The van der Waals surface area contributed by atoms with Crippen LogP contribution >= 0.6 is 0 Å². The monoisotopic (exact) mass is 251 g/mol. The van der Waals surface area contributed by atoms with E-state index in [1.165, 1.54) is 0 Å². The lowest BCUT2D eigenvalue weighted by atomic mass is 10.3. The maximum atomic E-state index is 11.6. The van der Waals surface area contributed by atoms with Crippen LogP contribution in [0.3, 0.4) is 0 Å². The first kappa shape index (κ1) is 14.5. The van der Waals surface area contributed by atoms with Gasteiger partial charge in [0.05, 0.1) is 6.10 Å². The molecule has 0 aliphatic heterocycles. The largest absolute Gasteiger partial charge is 0.392 e. The van der Waals surface area contributed by atoms with Crippen molar-refractivity contribution in [2.24, 2.45) is 0 Å². The van der Waals surface area contributed by atoms with Crippen LogP contribution in [0.5, 0.6) is 0 Å². The standard InChI is InChI=1S/C13H21N3O2/c1-10(14-9-11(2)17)8-15-13(18)16-12-6-4-3-5-7-12/h3-7,10-11,14,17H,8-9H2,1-2H3,(H2,15,16,18). The molecular formula is C13H21N3O2. The average molecular weight is 251 g/mol. The number of nitrogens with one attached hydrogen (secondary N) is 3. The zero-order chi connectivity index (χ0) is 13.4. The molecule has 2 amide bonds. The molecule has 0 heterocycles. The fourth-order valence-corrected chi connectivity index (χ4v) is 1.39. The number of anilines is 1. The number of hydrogen-bond donors (Lipinski definition) is 4. The van der Waals surface area contributed by atoms with Crippen LogP contribution in [0.4, 0.5) is 10.5 Å². The minimum absolute atomic E-state index is 0.112. The van der Waals surface area contributed by atoms with Crippen molar-refractivity contribution in [3.8, 4) is 0 Å². The minimum atomic E-state index is -0.384. The van der Waals surface area contributed by atoms with E-state index in [1.54, 1.807) is 6.92 Å². The summed E-state index contributed by atoms with van der Waals surface area (Å²) in [4.78, 5) is 11.6. The molecule has 0 spiro atoms. The van der Waals surface area contributed by atoms with Gasteiger partial charge in [0.25, 0.3) is 0 Å². The molecule has 0 aliphatic carbocycles. The minimum Gasteiger partial charge on any atom is -0.392 e. The molecule has 0 aliphatic rings. The molecule has 2 unspecified atom stereocenters. The molecule has 0 fully saturated rings. The Bertz CT molecular complexity index is 355. The van der Waals surface area contributed by atoms with Crippen LogP contribution in [0.15, 0.2) is 30.3 Å². The van der Waals surface area contributed by atoms with E-state index in [1.807, 2.05) is 37.3 Å². The van der Waals surface area contributed by atoms with Gasteiger partial charge in [0.2, 0.25) is 0 Å². The van der Waals surface area contributed by atoms with E-state index in [2.05, 4.69) is 16.0 Å². The van der Waals surface area contributed by atoms with Crippen LogP contribution in [0.1, 0.15) is 13.8 Å². The number of amides is 2. The first-order valence-corrected chi connectivity index (χ1v) is 6.09. The van der Waals surface area contributed by atoms with Crippen LogP contribution in [-0.4, -0.2) is 36.4 Å². The van der Waals surface area contributed by atoms with Gasteiger partial charge in [-0.1, -0.05) is 18.2 Å². The van der Waals surface area contributed by atoms with Crippen LogP contribution in [-0.2, 0) is 0 Å². The number of aliphatic hydroxyl groups is 1. The van der Waals surface area contributed by atoms with Gasteiger partial charge in [-0.3, -0.25) is 0 Å². The highest BCUT2D eigenvalue weighted by molar-refractivity contribution is 5.89. The molecule has 4 N–H and O–H groups in total. The summed E-state index contributed by atoms with van der Waals surface area (Å²) in [6, 6.07) is 9.16. The van der Waals surface area contributed by atoms with Gasteiger partial charge in [-0.15, -0.1) is 0 Å². The zero-order valence-corrected chi connectivity index (χ0v) is 10.8. The lowest BCUT2D eigenvalue weighted by Gasteiger charge is -2.16. The Balaban J connectivity index is 2.21. The highest BCUT2D eigenvalue weighted by Gasteiger charge is 2.05. The third-order valence-electron chi connectivity index (χ3n) is 2.36. The van der Waals surface area contributed by atoms with Crippen LogP contribution in [0.2, 0.25) is 0 Å². The van der Waals surface area contributed by atoms with Gasteiger partial charge in [-0.2, -0.15) is 0 Å². The number of carbonyl (C=O) groups is 1. The number of aliphatic hydroxyl groups excluding tert-OH is 1. The fraction of sp³-hybridized carbons (Fsp3) is 0.462. The Labute approximate surface area is 108 Å². The smallest absolute Gasteiger partial charge is 0.319 e. The van der Waals surface area contributed by atoms with Gasteiger partial charge in [0, 0.05) is 24.8 Å². The molecule has 2 atom stereocenters. The van der Waals surface area contributed by atoms with Crippen molar-refractivity contribution in [1.29, 1.82) is 0 Å². The SMILES string of the molecule is CC(O)CNC(C)CNC(=O)Nc1ccccc1. The third kappa shape index (κ3) is 6.22. The number of hydrogen-bond acceptors (Lipinski definition) is 3. The molecule has 100 valence electrons. The predicted molar refractivity (Wildman–Crippen MR) is 72.6 cm³/mol. The van der Waals surface area contributed by atoms with E-state index in [-0.39, 0.29) is 18.2 Å². The Morgan fingerprint density at radius 1 is 1.22 bits per heavy atom. The molecule has 0 radical (unpaired) electrons. The van der Waals surface area contributed by atoms with Crippen LogP contribution in [0.25, 0.3) is 0 Å². The molecule has 5 nitrogen and oxygen atoms in total. The Kier molecular flexibility index (Phi) is 6.18. The summed E-state index contributed by atoms with van der Waals surface area (Å²) in [5.41, 5.74) is 0.764. The van der Waals surface area contributed by atoms with Gasteiger partial charge in [-0.05, 0) is 26.0 Å². The topological polar surface area (TPSA) is 73.4 Å². The van der Waals surface area contributed by atoms with E-state index in [9.17, 15) is 4.79 Å². The van der Waals surface area contributed by atoms with Crippen molar-refractivity contribution in [2.75, 3.05) is 18.4 Å². The zero-order valence-electron chi connectivity index (χ0n) is 10.8. The molecule has 18 heavy (non-hydrogen) atoms. The second kappa shape index (κ2) is 7.68. The summed E-state index contributed by atoms with van der Waals surface area (Å²) in [7, 11) is 0. The average Bonchev–Trinajstić information content (AvgIpc) is 2.35. The van der Waals surface area contributed by atoms with Crippen molar-refractivity contribution in [2.45, 2.75) is 26.0 Å². The normalized spacial score (nSPS) is 13.7. The highest BCUT2D eigenvalue weighted by atomic mass is 16.3. The van der Waals surface area contributed by atoms with Gasteiger partial charge < -0.3 is 21.1 Å². The Morgan fingerprint density at radius 2 is 1.89 bits per heavy atom. The third-order valence-corrected chi connectivity index (χ3v) is 2.36. The quantitative estimate of drug-likeness (QED) is 0.613. The van der Waals surface area contributed by atoms with Crippen molar-refractivity contribution in [3.05, 3.63) is 30.3 Å². The number of para-hydroxylation sites is 1. The summed E-state index contributed by atoms with van der Waals surface area (Å²) in [5, 5.41) is 17.7. The van der Waals surface area contributed by atoms with E-state index in [0.717, 1.165) is 5.69 Å². The summed E-state index contributed by atoms with van der Waals surface area (Å²) < 4.78 is 0. The van der Waals surface area contributed by atoms with Crippen LogP contribution in [0, 0.1) is 0 Å². The number of rotatable bonds is 6. The molecule has 1 aromatic rings. The number of urea groups is 1. The van der Waals surface area contributed by atoms with Crippen molar-refractivity contribution in [3.63, 3.8) is 0 Å². The summed E-state index contributed by atoms with van der Waals surface area (Å²) in [6.45, 7) is 4.69. The van der Waals surface area contributed by atoms with Gasteiger partial charge in [-0.25, -0.2) is 4.79 Å². The van der Waals surface area contributed by atoms with Gasteiger partial charge in [0.15, 0.2) is 0 Å². The van der Waals surface area contributed by atoms with Crippen molar-refractivity contribution < 1.29 is 9.90 Å². The van der Waals surface area contributed by atoms with Gasteiger partial charge in [0.1, 0.15) is 0 Å². The summed E-state index contributed by atoms with van der Waals surface area (Å²) in [6.07, 6.45) is -0.384. The predicted octanol–water partition coefficient (Wildman–Crippen LogP) is 1.17. The second-order valence-corrected chi connectivity index (χ2v) is 4.36. The lowest BCUT2D eigenvalue weighted by Crippen LogP contribution is -2.42.